The first-order valence-corrected chi connectivity index (χ1v) is 6.09. The highest BCUT2D eigenvalue weighted by molar-refractivity contribution is 9.10. The van der Waals surface area contributed by atoms with Gasteiger partial charge in [-0.1, -0.05) is 0 Å². The van der Waals surface area contributed by atoms with E-state index in [2.05, 4.69) is 20.9 Å². The van der Waals surface area contributed by atoms with E-state index < -0.39 is 0 Å². The molecule has 0 atom stereocenters. The van der Waals surface area contributed by atoms with Crippen molar-refractivity contribution in [2.75, 3.05) is 13.7 Å². The monoisotopic (exact) mass is 288 g/mol. The molecule has 0 fully saturated rings. The smallest absolute Gasteiger partial charge is 0.348 e. The summed E-state index contributed by atoms with van der Waals surface area (Å²) in [5.41, 5.74) is 1.51. The van der Waals surface area contributed by atoms with Gasteiger partial charge in [-0.3, -0.25) is 4.57 Å². The third kappa shape index (κ3) is 3.15. The van der Waals surface area contributed by atoms with E-state index in [-0.39, 0.29) is 5.69 Å². The van der Waals surface area contributed by atoms with Crippen molar-refractivity contribution in [1.82, 2.24) is 9.55 Å². The van der Waals surface area contributed by atoms with Gasteiger partial charge in [0.25, 0.3) is 0 Å². The number of rotatable bonds is 5. The number of aromatic nitrogens is 2. The van der Waals surface area contributed by atoms with Gasteiger partial charge in [0.2, 0.25) is 0 Å². The van der Waals surface area contributed by atoms with Gasteiger partial charge >= 0.3 is 5.69 Å². The molecule has 90 valence electrons. The zero-order valence-electron chi connectivity index (χ0n) is 9.92. The predicted molar refractivity (Wildman–Crippen MR) is 66.8 cm³/mol. The molecule has 0 radical (unpaired) electrons. The van der Waals surface area contributed by atoms with Gasteiger partial charge in [0.15, 0.2) is 0 Å². The number of aryl methyl sites for hydroxylation is 1. The van der Waals surface area contributed by atoms with E-state index in [1.807, 2.05) is 13.8 Å². The number of unbranched alkanes of at least 4 members (excludes halogenated alkanes) is 1. The van der Waals surface area contributed by atoms with E-state index in [9.17, 15) is 4.79 Å². The van der Waals surface area contributed by atoms with Crippen molar-refractivity contribution in [3.05, 3.63) is 26.3 Å². The van der Waals surface area contributed by atoms with Crippen molar-refractivity contribution >= 4 is 15.9 Å². The average Bonchev–Trinajstić information content (AvgIpc) is 2.25. The van der Waals surface area contributed by atoms with Crippen molar-refractivity contribution in [2.24, 2.45) is 0 Å². The van der Waals surface area contributed by atoms with E-state index >= 15 is 0 Å². The standard InChI is InChI=1S/C11H17BrN2O2/c1-8-10(12)9(2)14(11(15)13-8)6-4-5-7-16-3/h4-7H2,1-3H3. The molecule has 0 aliphatic heterocycles. The topological polar surface area (TPSA) is 44.1 Å². The molecule has 0 N–H and O–H groups in total. The normalized spacial score (nSPS) is 10.8. The highest BCUT2D eigenvalue weighted by Gasteiger charge is 2.08. The molecule has 0 saturated heterocycles. The molecule has 1 aromatic heterocycles. The molecule has 0 spiro atoms. The lowest BCUT2D eigenvalue weighted by Crippen LogP contribution is -2.26. The molecule has 16 heavy (non-hydrogen) atoms. The molecule has 0 aliphatic rings. The second-order valence-corrected chi connectivity index (χ2v) is 4.52. The maximum absolute atomic E-state index is 11.7. The molecule has 0 amide bonds. The number of ether oxygens (including phenoxy) is 1. The molecule has 1 aromatic rings. The van der Waals surface area contributed by atoms with Gasteiger partial charge in [-0.05, 0) is 42.6 Å². The summed E-state index contributed by atoms with van der Waals surface area (Å²) in [5, 5.41) is 0. The summed E-state index contributed by atoms with van der Waals surface area (Å²) in [6, 6.07) is 0. The molecule has 5 heteroatoms. The minimum absolute atomic E-state index is 0.171. The first-order chi connectivity index (χ1) is 7.57. The maximum Gasteiger partial charge on any atom is 0.348 e. The van der Waals surface area contributed by atoms with E-state index in [0.717, 1.165) is 35.3 Å². The molecule has 0 aliphatic carbocycles. The van der Waals surface area contributed by atoms with Crippen molar-refractivity contribution in [1.29, 1.82) is 0 Å². The maximum atomic E-state index is 11.7. The zero-order valence-corrected chi connectivity index (χ0v) is 11.5. The minimum atomic E-state index is -0.171. The van der Waals surface area contributed by atoms with Crippen LogP contribution >= 0.6 is 15.9 Å². The average molecular weight is 289 g/mol. The summed E-state index contributed by atoms with van der Waals surface area (Å²) in [5.74, 6) is 0. The number of hydrogen-bond donors (Lipinski definition) is 0. The summed E-state index contributed by atoms with van der Waals surface area (Å²) in [7, 11) is 1.68. The van der Waals surface area contributed by atoms with Gasteiger partial charge in [0.05, 0.1) is 10.2 Å². The fourth-order valence-electron chi connectivity index (χ4n) is 1.56. The van der Waals surface area contributed by atoms with Crippen LogP contribution in [0.25, 0.3) is 0 Å². The lowest BCUT2D eigenvalue weighted by atomic mass is 10.3. The van der Waals surface area contributed by atoms with Gasteiger partial charge < -0.3 is 4.74 Å². The van der Waals surface area contributed by atoms with Crippen LogP contribution in [0.5, 0.6) is 0 Å². The second-order valence-electron chi connectivity index (χ2n) is 3.73. The van der Waals surface area contributed by atoms with Crippen LogP contribution in [0.15, 0.2) is 9.27 Å². The van der Waals surface area contributed by atoms with Crippen molar-refractivity contribution in [3.8, 4) is 0 Å². The summed E-state index contributed by atoms with van der Waals surface area (Å²) < 4.78 is 7.59. The van der Waals surface area contributed by atoms with Crippen LogP contribution in [0.1, 0.15) is 24.2 Å². The van der Waals surface area contributed by atoms with E-state index in [1.165, 1.54) is 0 Å². The lowest BCUT2D eigenvalue weighted by Gasteiger charge is -2.11. The SMILES string of the molecule is COCCCCn1c(C)c(Br)c(C)nc1=O. The molecule has 0 unspecified atom stereocenters. The molecule has 0 aromatic carbocycles. The molecular weight excluding hydrogens is 272 g/mol. The van der Waals surface area contributed by atoms with Crippen LogP contribution in [0, 0.1) is 13.8 Å². The Hall–Kier alpha value is -0.680. The van der Waals surface area contributed by atoms with Crippen LogP contribution < -0.4 is 5.69 Å². The summed E-state index contributed by atoms with van der Waals surface area (Å²) in [6.45, 7) is 5.18. The third-order valence-electron chi connectivity index (χ3n) is 2.51. The number of hydrogen-bond acceptors (Lipinski definition) is 3. The van der Waals surface area contributed by atoms with Gasteiger partial charge in [-0.2, -0.15) is 4.98 Å². The Labute approximate surface area is 104 Å². The predicted octanol–water partition coefficient (Wildman–Crippen LogP) is 2.05. The molecule has 4 nitrogen and oxygen atoms in total. The first-order valence-electron chi connectivity index (χ1n) is 5.30. The molecular formula is C11H17BrN2O2. The highest BCUT2D eigenvalue weighted by atomic mass is 79.9. The van der Waals surface area contributed by atoms with E-state index in [1.54, 1.807) is 11.7 Å². The van der Waals surface area contributed by atoms with Crippen LogP contribution in [-0.4, -0.2) is 23.3 Å². The molecule has 0 saturated carbocycles. The second kappa shape index (κ2) is 6.15. The van der Waals surface area contributed by atoms with Crippen molar-refractivity contribution < 1.29 is 4.74 Å². The van der Waals surface area contributed by atoms with E-state index in [4.69, 9.17) is 4.74 Å². The Morgan fingerprint density at radius 2 is 2.06 bits per heavy atom. The van der Waals surface area contributed by atoms with Gasteiger partial charge in [0, 0.05) is 26.0 Å². The molecule has 1 heterocycles. The Kier molecular flexibility index (Phi) is 5.15. The molecule has 1 rings (SSSR count). The summed E-state index contributed by atoms with van der Waals surface area (Å²) in [6.07, 6.45) is 1.87. The highest BCUT2D eigenvalue weighted by Crippen LogP contribution is 2.16. The summed E-state index contributed by atoms with van der Waals surface area (Å²) >= 11 is 3.44. The van der Waals surface area contributed by atoms with Crippen molar-refractivity contribution in [2.45, 2.75) is 33.2 Å². The number of methoxy groups -OCH3 is 1. The number of nitrogens with zero attached hydrogens (tertiary/aromatic N) is 2. The van der Waals surface area contributed by atoms with Crippen molar-refractivity contribution in [3.63, 3.8) is 0 Å². The van der Waals surface area contributed by atoms with Crippen LogP contribution in [0.4, 0.5) is 0 Å². The van der Waals surface area contributed by atoms with Crippen LogP contribution in [-0.2, 0) is 11.3 Å². The van der Waals surface area contributed by atoms with Gasteiger partial charge in [-0.25, -0.2) is 4.79 Å². The first kappa shape index (κ1) is 13.4. The minimum Gasteiger partial charge on any atom is -0.385 e. The largest absolute Gasteiger partial charge is 0.385 e. The fourth-order valence-corrected chi connectivity index (χ4v) is 1.86. The Balaban J connectivity index is 2.80. The quantitative estimate of drug-likeness (QED) is 0.779. The van der Waals surface area contributed by atoms with Gasteiger partial charge in [0.1, 0.15) is 0 Å². The Morgan fingerprint density at radius 3 is 2.69 bits per heavy atom. The third-order valence-corrected chi connectivity index (χ3v) is 3.66. The van der Waals surface area contributed by atoms with Crippen LogP contribution in [0.3, 0.4) is 0 Å². The van der Waals surface area contributed by atoms with Crippen LogP contribution in [0.2, 0.25) is 0 Å². The van der Waals surface area contributed by atoms with Gasteiger partial charge in [-0.15, -0.1) is 0 Å². The Morgan fingerprint density at radius 1 is 1.38 bits per heavy atom. The summed E-state index contributed by atoms with van der Waals surface area (Å²) in [4.78, 5) is 15.6. The van der Waals surface area contributed by atoms with E-state index in [0.29, 0.717) is 6.54 Å². The fraction of sp³-hybridized carbons (Fsp3) is 0.636. The Bertz CT molecular complexity index is 415. The lowest BCUT2D eigenvalue weighted by molar-refractivity contribution is 0.191. The number of halogens is 1. The zero-order chi connectivity index (χ0) is 12.1. The molecule has 0 bridgehead atoms.